The second-order valence-electron chi connectivity index (χ2n) is 5.38. The van der Waals surface area contributed by atoms with Crippen LogP contribution >= 0.6 is 11.6 Å². The van der Waals surface area contributed by atoms with E-state index < -0.39 is 18.5 Å². The van der Waals surface area contributed by atoms with E-state index in [-0.39, 0.29) is 10.9 Å². The Hall–Kier alpha value is -0.850. The number of likely N-dealkylation sites (tertiary alicyclic amines) is 1. The van der Waals surface area contributed by atoms with Gasteiger partial charge in [-0.1, -0.05) is 17.7 Å². The van der Waals surface area contributed by atoms with E-state index in [0.717, 1.165) is 12.0 Å². The molecule has 1 aromatic rings. The summed E-state index contributed by atoms with van der Waals surface area (Å²) in [5.74, 6) is -0.248. The molecule has 0 radical (unpaired) electrons. The quantitative estimate of drug-likeness (QED) is 0.835. The van der Waals surface area contributed by atoms with E-state index in [1.54, 1.807) is 12.1 Å². The van der Waals surface area contributed by atoms with Crippen LogP contribution in [0.4, 0.5) is 17.6 Å². The van der Waals surface area contributed by atoms with Crippen molar-refractivity contribution in [3.8, 4) is 0 Å². The maximum atomic E-state index is 13.0. The molecule has 2 rings (SSSR count). The van der Waals surface area contributed by atoms with Crippen molar-refractivity contribution in [2.24, 2.45) is 5.92 Å². The molecular weight excluding hydrogens is 308 g/mol. The van der Waals surface area contributed by atoms with E-state index in [2.05, 4.69) is 5.32 Å². The van der Waals surface area contributed by atoms with Gasteiger partial charge in [-0.25, -0.2) is 4.39 Å². The average Bonchev–Trinajstić information content (AvgIpc) is 2.79. The van der Waals surface area contributed by atoms with Crippen molar-refractivity contribution < 1.29 is 17.6 Å². The highest BCUT2D eigenvalue weighted by Gasteiger charge is 2.34. The Morgan fingerprint density at radius 2 is 2.10 bits per heavy atom. The maximum absolute atomic E-state index is 13.0. The van der Waals surface area contributed by atoms with Gasteiger partial charge in [0, 0.05) is 13.1 Å². The van der Waals surface area contributed by atoms with Crippen LogP contribution in [0.1, 0.15) is 12.0 Å². The van der Waals surface area contributed by atoms with Crippen LogP contribution in [-0.2, 0) is 6.54 Å². The summed E-state index contributed by atoms with van der Waals surface area (Å²) in [6.07, 6.45) is -3.37. The molecule has 2 nitrogen and oxygen atoms in total. The van der Waals surface area contributed by atoms with Crippen molar-refractivity contribution in [1.82, 2.24) is 10.2 Å². The van der Waals surface area contributed by atoms with Gasteiger partial charge >= 0.3 is 6.18 Å². The number of halogens is 5. The number of hydrogen-bond acceptors (Lipinski definition) is 2. The summed E-state index contributed by atoms with van der Waals surface area (Å²) < 4.78 is 49.8. The van der Waals surface area contributed by atoms with Gasteiger partial charge < -0.3 is 5.32 Å². The Kier molecular flexibility index (Phi) is 5.46. The van der Waals surface area contributed by atoms with Crippen LogP contribution in [0.3, 0.4) is 0 Å². The molecule has 0 amide bonds. The third-order valence-corrected chi connectivity index (χ3v) is 3.81. The summed E-state index contributed by atoms with van der Waals surface area (Å²) in [6.45, 7) is 1.26. The Balaban J connectivity index is 1.71. The molecule has 1 aliphatic rings. The Morgan fingerprint density at radius 1 is 1.33 bits per heavy atom. The topological polar surface area (TPSA) is 15.3 Å². The van der Waals surface area contributed by atoms with Crippen LogP contribution in [0.15, 0.2) is 18.2 Å². The van der Waals surface area contributed by atoms with Crippen molar-refractivity contribution in [3.05, 3.63) is 34.6 Å². The Bertz CT molecular complexity index is 479. The molecule has 1 N–H and O–H groups in total. The fourth-order valence-electron chi connectivity index (χ4n) is 2.55. The smallest absolute Gasteiger partial charge is 0.312 e. The van der Waals surface area contributed by atoms with Crippen molar-refractivity contribution >= 4 is 11.6 Å². The van der Waals surface area contributed by atoms with Gasteiger partial charge in [0.1, 0.15) is 5.82 Å². The second kappa shape index (κ2) is 6.94. The summed E-state index contributed by atoms with van der Waals surface area (Å²) in [4.78, 5) is 1.43. The van der Waals surface area contributed by atoms with Crippen LogP contribution < -0.4 is 5.32 Å². The number of benzene rings is 1. The standard InChI is InChI=1S/C14H17ClF4N2/c15-12-5-10(1-2-13(12)16)6-20-7-11-3-4-21(8-11)9-14(17,18)19/h1-2,5,11,20H,3-4,6-9H2. The van der Waals surface area contributed by atoms with Crippen molar-refractivity contribution in [1.29, 1.82) is 0 Å². The first kappa shape index (κ1) is 16.5. The summed E-state index contributed by atoms with van der Waals surface area (Å²) in [5, 5.41) is 3.26. The van der Waals surface area contributed by atoms with Gasteiger partial charge in [-0.2, -0.15) is 13.2 Å². The lowest BCUT2D eigenvalue weighted by Gasteiger charge is -2.18. The highest BCUT2D eigenvalue weighted by atomic mass is 35.5. The SMILES string of the molecule is Fc1ccc(CNCC2CCN(CC(F)(F)F)C2)cc1Cl. The molecule has 1 unspecified atom stereocenters. The molecule has 1 aromatic carbocycles. The number of nitrogens with zero attached hydrogens (tertiary/aromatic N) is 1. The number of nitrogens with one attached hydrogen (secondary N) is 1. The first-order chi connectivity index (χ1) is 9.83. The first-order valence-electron chi connectivity index (χ1n) is 6.77. The molecule has 118 valence electrons. The molecule has 1 saturated heterocycles. The van der Waals surface area contributed by atoms with Crippen LogP contribution in [0.5, 0.6) is 0 Å². The molecule has 0 saturated carbocycles. The van der Waals surface area contributed by atoms with E-state index >= 15 is 0 Å². The van der Waals surface area contributed by atoms with Gasteiger partial charge in [0.2, 0.25) is 0 Å². The fourth-order valence-corrected chi connectivity index (χ4v) is 2.75. The van der Waals surface area contributed by atoms with Crippen molar-refractivity contribution in [2.45, 2.75) is 19.1 Å². The van der Waals surface area contributed by atoms with E-state index in [1.165, 1.54) is 11.0 Å². The fraction of sp³-hybridized carbons (Fsp3) is 0.571. The van der Waals surface area contributed by atoms with Gasteiger partial charge in [-0.05, 0) is 43.1 Å². The van der Waals surface area contributed by atoms with Crippen molar-refractivity contribution in [3.63, 3.8) is 0 Å². The lowest BCUT2D eigenvalue weighted by Crippen LogP contribution is -2.33. The highest BCUT2D eigenvalue weighted by Crippen LogP contribution is 2.22. The molecule has 1 heterocycles. The lowest BCUT2D eigenvalue weighted by atomic mass is 10.1. The molecule has 0 spiro atoms. The van der Waals surface area contributed by atoms with E-state index in [4.69, 9.17) is 11.6 Å². The van der Waals surface area contributed by atoms with Gasteiger partial charge in [0.05, 0.1) is 11.6 Å². The van der Waals surface area contributed by atoms with E-state index in [0.29, 0.717) is 26.2 Å². The zero-order chi connectivity index (χ0) is 15.5. The Morgan fingerprint density at radius 3 is 2.76 bits per heavy atom. The number of rotatable bonds is 5. The molecular formula is C14H17ClF4N2. The van der Waals surface area contributed by atoms with E-state index in [1.807, 2.05) is 0 Å². The summed E-state index contributed by atoms with van der Waals surface area (Å²) in [5.41, 5.74) is 0.853. The minimum absolute atomic E-state index is 0.0755. The maximum Gasteiger partial charge on any atom is 0.401 e. The summed E-state index contributed by atoms with van der Waals surface area (Å²) >= 11 is 5.68. The molecule has 1 fully saturated rings. The molecule has 0 aromatic heterocycles. The van der Waals surface area contributed by atoms with Gasteiger partial charge in [0.25, 0.3) is 0 Å². The van der Waals surface area contributed by atoms with Crippen LogP contribution in [-0.4, -0.2) is 37.3 Å². The second-order valence-corrected chi connectivity index (χ2v) is 5.79. The van der Waals surface area contributed by atoms with Gasteiger partial charge in [0.15, 0.2) is 0 Å². The normalized spacial score (nSPS) is 20.1. The average molecular weight is 325 g/mol. The van der Waals surface area contributed by atoms with Gasteiger partial charge in [-0.15, -0.1) is 0 Å². The monoisotopic (exact) mass is 324 g/mol. The number of hydrogen-bond donors (Lipinski definition) is 1. The molecule has 0 aliphatic carbocycles. The number of alkyl halides is 3. The van der Waals surface area contributed by atoms with Crippen molar-refractivity contribution in [2.75, 3.05) is 26.2 Å². The van der Waals surface area contributed by atoms with E-state index in [9.17, 15) is 17.6 Å². The van der Waals surface area contributed by atoms with Crippen LogP contribution in [0, 0.1) is 11.7 Å². The zero-order valence-electron chi connectivity index (χ0n) is 11.4. The minimum Gasteiger partial charge on any atom is -0.312 e. The summed E-state index contributed by atoms with van der Waals surface area (Å²) in [7, 11) is 0. The summed E-state index contributed by atoms with van der Waals surface area (Å²) in [6, 6.07) is 4.49. The molecule has 7 heteroatoms. The zero-order valence-corrected chi connectivity index (χ0v) is 12.1. The molecule has 21 heavy (non-hydrogen) atoms. The third kappa shape index (κ3) is 5.45. The Labute approximate surface area is 126 Å². The first-order valence-corrected chi connectivity index (χ1v) is 7.15. The predicted octanol–water partition coefficient (Wildman–Crippen LogP) is 3.45. The molecule has 1 atom stereocenters. The van der Waals surface area contributed by atoms with Crippen LogP contribution in [0.2, 0.25) is 5.02 Å². The largest absolute Gasteiger partial charge is 0.401 e. The van der Waals surface area contributed by atoms with Gasteiger partial charge in [-0.3, -0.25) is 4.90 Å². The predicted molar refractivity (Wildman–Crippen MR) is 73.7 cm³/mol. The molecule has 0 bridgehead atoms. The minimum atomic E-state index is -4.13. The molecule has 1 aliphatic heterocycles. The lowest BCUT2D eigenvalue weighted by molar-refractivity contribution is -0.143. The highest BCUT2D eigenvalue weighted by molar-refractivity contribution is 6.30. The third-order valence-electron chi connectivity index (χ3n) is 3.52. The van der Waals surface area contributed by atoms with Crippen LogP contribution in [0.25, 0.3) is 0 Å².